The number of H-pyrrole nitrogens is 1. The SMILES string of the molecule is O=NC1(CNS(=O)(=O)c2ccc(-c3ccnc4[nH]c(C(F)(F)F)cc34)cc2)CCCCC1. The number of pyridine rings is 1. The molecule has 0 unspecified atom stereocenters. The molecule has 0 aliphatic heterocycles. The van der Waals surface area contributed by atoms with Gasteiger partial charge in [-0.15, -0.1) is 0 Å². The van der Waals surface area contributed by atoms with Crippen LogP contribution in [0.5, 0.6) is 0 Å². The highest BCUT2D eigenvalue weighted by Crippen LogP contribution is 2.35. The third-order valence-corrected chi connectivity index (χ3v) is 7.30. The van der Waals surface area contributed by atoms with Gasteiger partial charge in [0.15, 0.2) is 0 Å². The third kappa shape index (κ3) is 4.40. The molecule has 2 N–H and O–H groups in total. The molecule has 11 heteroatoms. The van der Waals surface area contributed by atoms with E-state index in [-0.39, 0.29) is 22.5 Å². The van der Waals surface area contributed by atoms with Gasteiger partial charge in [-0.3, -0.25) is 0 Å². The standard InChI is InChI=1S/C21H21F3N4O3S/c22-21(23,24)18-12-17-16(8-11-25-19(17)27-18)14-4-6-15(7-5-14)32(30,31)26-13-20(28-29)9-2-1-3-10-20/h4-8,11-12,26H,1-3,9-10,13H2,(H,25,27). The van der Waals surface area contributed by atoms with Crippen molar-refractivity contribution >= 4 is 21.1 Å². The Bertz CT molecular complexity index is 1230. The molecule has 32 heavy (non-hydrogen) atoms. The van der Waals surface area contributed by atoms with Gasteiger partial charge in [-0.25, -0.2) is 18.1 Å². The van der Waals surface area contributed by atoms with E-state index in [1.165, 1.54) is 30.5 Å². The lowest BCUT2D eigenvalue weighted by Crippen LogP contribution is -2.42. The highest BCUT2D eigenvalue weighted by Gasteiger charge is 2.35. The minimum atomic E-state index is -4.53. The maximum atomic E-state index is 13.0. The molecule has 0 spiro atoms. The number of halogens is 3. The Labute approximate surface area is 182 Å². The van der Waals surface area contributed by atoms with Gasteiger partial charge in [0.25, 0.3) is 0 Å². The molecule has 0 radical (unpaired) electrons. The average Bonchev–Trinajstić information content (AvgIpc) is 3.24. The van der Waals surface area contributed by atoms with Gasteiger partial charge in [-0.1, -0.05) is 36.6 Å². The second-order valence-corrected chi connectivity index (χ2v) is 9.79. The summed E-state index contributed by atoms with van der Waals surface area (Å²) in [6.07, 6.45) is 0.609. The maximum absolute atomic E-state index is 13.0. The van der Waals surface area contributed by atoms with Crippen molar-refractivity contribution in [1.82, 2.24) is 14.7 Å². The largest absolute Gasteiger partial charge is 0.431 e. The summed E-state index contributed by atoms with van der Waals surface area (Å²) >= 11 is 0. The number of alkyl halides is 3. The van der Waals surface area contributed by atoms with Crippen LogP contribution in [0.15, 0.2) is 52.7 Å². The van der Waals surface area contributed by atoms with E-state index in [1.807, 2.05) is 0 Å². The van der Waals surface area contributed by atoms with Crippen LogP contribution >= 0.6 is 0 Å². The van der Waals surface area contributed by atoms with Gasteiger partial charge in [0.2, 0.25) is 10.0 Å². The van der Waals surface area contributed by atoms with Gasteiger partial charge in [0.1, 0.15) is 16.9 Å². The van der Waals surface area contributed by atoms with Crippen molar-refractivity contribution in [1.29, 1.82) is 0 Å². The van der Waals surface area contributed by atoms with Crippen LogP contribution in [0.1, 0.15) is 37.8 Å². The summed E-state index contributed by atoms with van der Waals surface area (Å²) in [4.78, 5) is 17.5. The number of nitroso groups, excluding NO2 is 1. The monoisotopic (exact) mass is 466 g/mol. The molecule has 170 valence electrons. The summed E-state index contributed by atoms with van der Waals surface area (Å²) in [5, 5.41) is 3.49. The lowest BCUT2D eigenvalue weighted by atomic mass is 9.83. The molecular weight excluding hydrogens is 445 g/mol. The molecule has 1 aromatic carbocycles. The molecule has 1 aliphatic rings. The summed E-state index contributed by atoms with van der Waals surface area (Å²) in [6, 6.07) is 8.36. The zero-order valence-corrected chi connectivity index (χ0v) is 17.8. The zero-order valence-electron chi connectivity index (χ0n) is 16.9. The number of fused-ring (bicyclic) bond motifs is 1. The Balaban J connectivity index is 1.58. The molecular formula is C21H21F3N4O3S. The highest BCUT2D eigenvalue weighted by atomic mass is 32.2. The summed E-state index contributed by atoms with van der Waals surface area (Å²) in [5.74, 6) is 0. The van der Waals surface area contributed by atoms with E-state index >= 15 is 0 Å². The Morgan fingerprint density at radius 1 is 1.09 bits per heavy atom. The molecule has 7 nitrogen and oxygen atoms in total. The summed E-state index contributed by atoms with van der Waals surface area (Å²) in [6.45, 7) is -0.0604. The first-order valence-corrected chi connectivity index (χ1v) is 11.6. The number of sulfonamides is 1. The van der Waals surface area contributed by atoms with Crippen LogP contribution in [0.3, 0.4) is 0 Å². The fourth-order valence-corrected chi connectivity index (χ4v) is 5.19. The lowest BCUT2D eigenvalue weighted by molar-refractivity contribution is -0.140. The molecule has 0 atom stereocenters. The lowest BCUT2D eigenvalue weighted by Gasteiger charge is -2.30. The van der Waals surface area contributed by atoms with E-state index in [0.29, 0.717) is 24.0 Å². The predicted octanol–water partition coefficient (Wildman–Crippen LogP) is 5.00. The Kier molecular flexibility index (Phi) is 5.80. The van der Waals surface area contributed by atoms with Crippen LogP contribution in [0, 0.1) is 4.91 Å². The first-order valence-electron chi connectivity index (χ1n) is 10.1. The zero-order chi connectivity index (χ0) is 23.0. The van der Waals surface area contributed by atoms with E-state index in [4.69, 9.17) is 0 Å². The van der Waals surface area contributed by atoms with Crippen molar-refractivity contribution in [2.75, 3.05) is 6.54 Å². The van der Waals surface area contributed by atoms with Crippen LogP contribution in [-0.4, -0.2) is 30.5 Å². The quantitative estimate of drug-likeness (QED) is 0.499. The first-order chi connectivity index (χ1) is 15.1. The molecule has 0 bridgehead atoms. The van der Waals surface area contributed by atoms with E-state index in [0.717, 1.165) is 25.3 Å². The van der Waals surface area contributed by atoms with E-state index in [1.54, 1.807) is 6.07 Å². The van der Waals surface area contributed by atoms with Crippen LogP contribution in [0.25, 0.3) is 22.2 Å². The molecule has 3 aromatic rings. The average molecular weight is 466 g/mol. The van der Waals surface area contributed by atoms with Crippen LogP contribution < -0.4 is 4.72 Å². The van der Waals surface area contributed by atoms with Crippen molar-refractivity contribution in [3.63, 3.8) is 0 Å². The van der Waals surface area contributed by atoms with Crippen molar-refractivity contribution in [2.45, 2.75) is 48.7 Å². The van der Waals surface area contributed by atoms with Crippen molar-refractivity contribution in [3.05, 3.63) is 53.2 Å². The molecule has 1 fully saturated rings. The second kappa shape index (κ2) is 8.28. The summed E-state index contributed by atoms with van der Waals surface area (Å²) < 4.78 is 67.0. The molecule has 0 saturated heterocycles. The number of hydrogen-bond donors (Lipinski definition) is 2. The van der Waals surface area contributed by atoms with Gasteiger partial charge >= 0.3 is 6.18 Å². The first kappa shape index (κ1) is 22.4. The minimum Gasteiger partial charge on any atom is -0.336 e. The summed E-state index contributed by atoms with van der Waals surface area (Å²) in [5.41, 5.74) is -0.700. The number of nitrogens with zero attached hydrogens (tertiary/aromatic N) is 2. The van der Waals surface area contributed by atoms with E-state index < -0.39 is 27.4 Å². The Morgan fingerprint density at radius 2 is 1.78 bits per heavy atom. The predicted molar refractivity (Wildman–Crippen MR) is 113 cm³/mol. The highest BCUT2D eigenvalue weighted by molar-refractivity contribution is 7.89. The Hall–Kier alpha value is -2.79. The molecule has 2 heterocycles. The number of rotatable bonds is 6. The van der Waals surface area contributed by atoms with Gasteiger partial charge in [-0.05, 0) is 48.2 Å². The Morgan fingerprint density at radius 3 is 2.41 bits per heavy atom. The fraction of sp³-hybridized carbons (Fsp3) is 0.381. The number of aromatic nitrogens is 2. The van der Waals surface area contributed by atoms with Crippen LogP contribution in [-0.2, 0) is 16.2 Å². The van der Waals surface area contributed by atoms with E-state index in [2.05, 4.69) is 19.9 Å². The van der Waals surface area contributed by atoms with Gasteiger partial charge < -0.3 is 4.98 Å². The normalized spacial score (nSPS) is 16.8. The molecule has 4 rings (SSSR count). The molecule has 1 saturated carbocycles. The van der Waals surface area contributed by atoms with Gasteiger partial charge in [0, 0.05) is 18.1 Å². The fourth-order valence-electron chi connectivity index (χ4n) is 4.07. The number of nitrogens with one attached hydrogen (secondary N) is 2. The smallest absolute Gasteiger partial charge is 0.336 e. The maximum Gasteiger partial charge on any atom is 0.431 e. The van der Waals surface area contributed by atoms with Crippen molar-refractivity contribution in [2.24, 2.45) is 5.18 Å². The summed E-state index contributed by atoms with van der Waals surface area (Å²) in [7, 11) is -3.88. The number of hydrogen-bond acceptors (Lipinski definition) is 5. The van der Waals surface area contributed by atoms with Gasteiger partial charge in [-0.2, -0.15) is 18.1 Å². The molecule has 2 aromatic heterocycles. The van der Waals surface area contributed by atoms with Crippen LogP contribution in [0.4, 0.5) is 13.2 Å². The third-order valence-electron chi connectivity index (χ3n) is 5.88. The number of aromatic amines is 1. The number of benzene rings is 1. The molecule has 1 aliphatic carbocycles. The van der Waals surface area contributed by atoms with Crippen molar-refractivity contribution < 1.29 is 21.6 Å². The van der Waals surface area contributed by atoms with Gasteiger partial charge in [0.05, 0.1) is 4.90 Å². The molecule has 0 amide bonds. The second-order valence-electron chi connectivity index (χ2n) is 8.03. The minimum absolute atomic E-state index is 0.00606. The van der Waals surface area contributed by atoms with E-state index in [9.17, 15) is 26.5 Å². The topological polar surface area (TPSA) is 104 Å². The van der Waals surface area contributed by atoms with Crippen molar-refractivity contribution in [3.8, 4) is 11.1 Å². The van der Waals surface area contributed by atoms with Crippen LogP contribution in [0.2, 0.25) is 0 Å².